The van der Waals surface area contributed by atoms with Gasteiger partial charge in [0.2, 0.25) is 6.23 Å². The minimum Gasteiger partial charge on any atom is -0.348 e. The van der Waals surface area contributed by atoms with Crippen LogP contribution in [-0.4, -0.2) is 31.5 Å². The number of alkyl halides is 3. The molecule has 0 unspecified atom stereocenters. The highest BCUT2D eigenvalue weighted by Gasteiger charge is 2.55. The Balaban J connectivity index is 2.01. The van der Waals surface area contributed by atoms with E-state index in [0.717, 1.165) is 11.1 Å². The molecule has 0 N–H and O–H groups in total. The Bertz CT molecular complexity index is 974. The Morgan fingerprint density at radius 3 is 1.86 bits per heavy atom. The molecule has 6 heteroatoms. The van der Waals surface area contributed by atoms with Crippen molar-refractivity contribution in [3.05, 3.63) is 71.8 Å². The van der Waals surface area contributed by atoms with Crippen LogP contribution in [0, 0.1) is 11.5 Å². The molecule has 1 saturated heterocycles. The van der Waals surface area contributed by atoms with Gasteiger partial charge < -0.3 is 4.74 Å². The van der Waals surface area contributed by atoms with Gasteiger partial charge in [0, 0.05) is 13.0 Å². The van der Waals surface area contributed by atoms with Crippen molar-refractivity contribution < 1.29 is 17.9 Å². The first-order chi connectivity index (χ1) is 16.5. The molecule has 0 spiro atoms. The molecule has 3 rings (SSSR count). The van der Waals surface area contributed by atoms with Gasteiger partial charge >= 0.3 is 6.18 Å². The summed E-state index contributed by atoms with van der Waals surface area (Å²) in [6, 6.07) is 18.1. The van der Waals surface area contributed by atoms with Crippen LogP contribution in [0.2, 0.25) is 16.6 Å². The molecule has 2 nitrogen and oxygen atoms in total. The highest BCUT2D eigenvalue weighted by molar-refractivity contribution is 6.90. The molecule has 35 heavy (non-hydrogen) atoms. The fourth-order valence-corrected chi connectivity index (χ4v) is 11.1. The van der Waals surface area contributed by atoms with Gasteiger partial charge in [0.25, 0.3) is 0 Å². The second-order valence-electron chi connectivity index (χ2n) is 10.5. The van der Waals surface area contributed by atoms with E-state index in [-0.39, 0.29) is 13.0 Å². The average Bonchev–Trinajstić information content (AvgIpc) is 3.15. The van der Waals surface area contributed by atoms with E-state index in [0.29, 0.717) is 16.6 Å². The van der Waals surface area contributed by atoms with Crippen LogP contribution in [0.5, 0.6) is 0 Å². The third-order valence-electron chi connectivity index (χ3n) is 7.42. The lowest BCUT2D eigenvalue weighted by Gasteiger charge is -2.38. The maximum atomic E-state index is 14.2. The van der Waals surface area contributed by atoms with E-state index in [9.17, 15) is 13.2 Å². The largest absolute Gasteiger partial charge is 0.428 e. The molecule has 1 fully saturated rings. The molecule has 0 aliphatic carbocycles. The molecule has 3 atom stereocenters. The smallest absolute Gasteiger partial charge is 0.348 e. The van der Waals surface area contributed by atoms with Gasteiger partial charge in [-0.15, -0.1) is 11.5 Å². The summed E-state index contributed by atoms with van der Waals surface area (Å²) in [4.78, 5) is 1.45. The fourth-order valence-electron chi connectivity index (χ4n) is 5.87. The zero-order chi connectivity index (χ0) is 25.8. The summed E-state index contributed by atoms with van der Waals surface area (Å²) < 4.78 is 48.4. The number of hydrogen-bond donors (Lipinski definition) is 0. The minimum atomic E-state index is -4.50. The van der Waals surface area contributed by atoms with Crippen molar-refractivity contribution >= 4 is 8.07 Å². The molecule has 0 aromatic heterocycles. The predicted molar refractivity (Wildman–Crippen MR) is 139 cm³/mol. The minimum absolute atomic E-state index is 0.150. The molecule has 0 saturated carbocycles. The van der Waals surface area contributed by atoms with E-state index in [1.54, 1.807) is 0 Å². The monoisotopic (exact) mass is 501 g/mol. The first kappa shape index (κ1) is 27.5. The van der Waals surface area contributed by atoms with Crippen molar-refractivity contribution in [1.29, 1.82) is 0 Å². The van der Waals surface area contributed by atoms with Crippen LogP contribution < -0.4 is 0 Å². The number of rotatable bonds is 7. The zero-order valence-electron chi connectivity index (χ0n) is 21.6. The Kier molecular flexibility index (Phi) is 8.90. The number of benzene rings is 2. The molecule has 1 aliphatic heterocycles. The van der Waals surface area contributed by atoms with Crippen LogP contribution in [-0.2, 0) is 11.3 Å². The fraction of sp³-hybridized carbons (Fsp3) is 0.517. The van der Waals surface area contributed by atoms with Crippen LogP contribution in [0.1, 0.15) is 65.1 Å². The van der Waals surface area contributed by atoms with Gasteiger partial charge in [-0.2, -0.15) is 13.2 Å². The SMILES string of the molecule is CC(C)[Si](C#CC[C@H]1O[C@H](C(F)(F)F)N(Cc2ccccc2)[C@@H]1c1ccccc1)(C(C)C)C(C)C. The van der Waals surface area contributed by atoms with Gasteiger partial charge in [-0.1, -0.05) is 102 Å². The Morgan fingerprint density at radius 1 is 0.857 bits per heavy atom. The van der Waals surface area contributed by atoms with E-state index in [1.165, 1.54) is 4.90 Å². The van der Waals surface area contributed by atoms with Crippen LogP contribution in [0.3, 0.4) is 0 Å². The Labute approximate surface area is 209 Å². The number of ether oxygens (including phenoxy) is 1. The third-order valence-corrected chi connectivity index (χ3v) is 13.8. The van der Waals surface area contributed by atoms with Crippen molar-refractivity contribution in [2.75, 3.05) is 0 Å². The summed E-state index contributed by atoms with van der Waals surface area (Å²) >= 11 is 0. The summed E-state index contributed by atoms with van der Waals surface area (Å²) in [6.07, 6.45) is -6.87. The van der Waals surface area contributed by atoms with E-state index in [4.69, 9.17) is 4.74 Å². The van der Waals surface area contributed by atoms with Crippen LogP contribution >= 0.6 is 0 Å². The predicted octanol–water partition coefficient (Wildman–Crippen LogP) is 8.13. The second-order valence-corrected chi connectivity index (χ2v) is 16.1. The highest BCUT2D eigenvalue weighted by Crippen LogP contribution is 2.44. The average molecular weight is 502 g/mol. The van der Waals surface area contributed by atoms with E-state index >= 15 is 0 Å². The molecule has 2 aromatic rings. The van der Waals surface area contributed by atoms with Gasteiger partial charge in [-0.05, 0) is 27.8 Å². The lowest BCUT2D eigenvalue weighted by atomic mass is 9.98. The van der Waals surface area contributed by atoms with Gasteiger partial charge in [0.15, 0.2) is 0 Å². The van der Waals surface area contributed by atoms with Crippen molar-refractivity contribution in [2.24, 2.45) is 0 Å². The second kappa shape index (κ2) is 11.3. The van der Waals surface area contributed by atoms with Gasteiger partial charge in [-0.3, -0.25) is 4.90 Å². The van der Waals surface area contributed by atoms with Gasteiger partial charge in [0.1, 0.15) is 8.07 Å². The molecular weight excluding hydrogens is 463 g/mol. The molecule has 0 amide bonds. The van der Waals surface area contributed by atoms with Gasteiger partial charge in [0.05, 0.1) is 12.1 Å². The van der Waals surface area contributed by atoms with Crippen molar-refractivity contribution in [2.45, 2.75) is 95.7 Å². The quantitative estimate of drug-likeness (QED) is 0.280. The maximum absolute atomic E-state index is 14.2. The Morgan fingerprint density at radius 2 is 1.37 bits per heavy atom. The van der Waals surface area contributed by atoms with E-state index in [1.807, 2.05) is 60.7 Å². The Hall–Kier alpha value is -2.07. The standard InChI is InChI=1S/C29H38F3NOSi/c1-21(2)35(22(3)4,23(5)6)19-13-18-26-27(25-16-11-8-12-17-25)33(28(34-26)29(30,31)32)20-24-14-9-7-10-15-24/h7-12,14-17,21-23,26-28H,18,20H2,1-6H3/t26-,27-,28-/m1/s1. The maximum Gasteiger partial charge on any atom is 0.428 e. The van der Waals surface area contributed by atoms with Crippen molar-refractivity contribution in [3.63, 3.8) is 0 Å². The molecule has 0 radical (unpaired) electrons. The topological polar surface area (TPSA) is 12.5 Å². The highest BCUT2D eigenvalue weighted by atomic mass is 28.3. The lowest BCUT2D eigenvalue weighted by molar-refractivity contribution is -0.247. The van der Waals surface area contributed by atoms with Crippen molar-refractivity contribution in [3.8, 4) is 11.5 Å². The van der Waals surface area contributed by atoms with Crippen LogP contribution in [0.25, 0.3) is 0 Å². The molecule has 1 heterocycles. The summed E-state index contributed by atoms with van der Waals surface area (Å²) in [5.41, 5.74) is 6.68. The normalized spacial score (nSPS) is 21.5. The summed E-state index contributed by atoms with van der Waals surface area (Å²) in [5.74, 6) is 3.36. The van der Waals surface area contributed by atoms with Crippen LogP contribution in [0.15, 0.2) is 60.7 Å². The van der Waals surface area contributed by atoms with Crippen molar-refractivity contribution in [1.82, 2.24) is 4.90 Å². The first-order valence-electron chi connectivity index (χ1n) is 12.5. The molecule has 0 bridgehead atoms. The van der Waals surface area contributed by atoms with E-state index in [2.05, 4.69) is 53.0 Å². The molecule has 1 aliphatic rings. The van der Waals surface area contributed by atoms with Gasteiger partial charge in [-0.25, -0.2) is 0 Å². The first-order valence-corrected chi connectivity index (χ1v) is 14.8. The lowest BCUT2D eigenvalue weighted by Crippen LogP contribution is -2.43. The molecule has 190 valence electrons. The summed E-state index contributed by atoms with van der Waals surface area (Å²) in [5, 5.41) is 0. The summed E-state index contributed by atoms with van der Waals surface area (Å²) in [6.45, 7) is 13.6. The van der Waals surface area contributed by atoms with Crippen LogP contribution in [0.4, 0.5) is 13.2 Å². The third kappa shape index (κ3) is 6.02. The molecular formula is C29H38F3NOSi. The van der Waals surface area contributed by atoms with E-state index < -0.39 is 32.6 Å². The zero-order valence-corrected chi connectivity index (χ0v) is 22.6. The summed E-state index contributed by atoms with van der Waals surface area (Å²) in [7, 11) is -1.98. The number of nitrogens with zero attached hydrogens (tertiary/aromatic N) is 1. The number of halogens is 3. The molecule has 2 aromatic carbocycles. The number of hydrogen-bond acceptors (Lipinski definition) is 2.